The second kappa shape index (κ2) is 6.66. The second-order valence-corrected chi connectivity index (χ2v) is 5.64. The lowest BCUT2D eigenvalue weighted by atomic mass is 10.1. The van der Waals surface area contributed by atoms with Gasteiger partial charge in [-0.3, -0.25) is 0 Å². The van der Waals surface area contributed by atoms with Gasteiger partial charge in [-0.05, 0) is 32.4 Å². The maximum Gasteiger partial charge on any atom is 0.0932 e. The van der Waals surface area contributed by atoms with Crippen LogP contribution in [0.5, 0.6) is 0 Å². The Bertz CT molecular complexity index is 464. The Morgan fingerprint density at radius 3 is 2.78 bits per heavy atom. The third-order valence-electron chi connectivity index (χ3n) is 3.02. The Kier molecular flexibility index (Phi) is 4.90. The van der Waals surface area contributed by atoms with E-state index in [1.807, 2.05) is 13.1 Å². The minimum atomic E-state index is 0.707. The standard InChI is InChI=1S/C15H20N2S/c1-12(10-16-2)8-9-15-17-14(11-18-15)13-6-4-3-5-7-13/h3-7,11-12,16H,8-10H2,1-2H3. The van der Waals surface area contributed by atoms with Crippen molar-refractivity contribution < 1.29 is 0 Å². The van der Waals surface area contributed by atoms with E-state index < -0.39 is 0 Å². The summed E-state index contributed by atoms with van der Waals surface area (Å²) in [7, 11) is 2.01. The van der Waals surface area contributed by atoms with Crippen LogP contribution < -0.4 is 5.32 Å². The number of hydrogen-bond donors (Lipinski definition) is 1. The van der Waals surface area contributed by atoms with Crippen LogP contribution in [0.1, 0.15) is 18.4 Å². The highest BCUT2D eigenvalue weighted by molar-refractivity contribution is 7.09. The number of nitrogens with zero attached hydrogens (tertiary/aromatic N) is 1. The van der Waals surface area contributed by atoms with Crippen LogP contribution >= 0.6 is 11.3 Å². The summed E-state index contributed by atoms with van der Waals surface area (Å²) in [6.45, 7) is 3.36. The molecular weight excluding hydrogens is 240 g/mol. The molecule has 0 spiro atoms. The molecule has 1 aromatic carbocycles. The van der Waals surface area contributed by atoms with Gasteiger partial charge in [0.15, 0.2) is 0 Å². The molecule has 0 aliphatic carbocycles. The average Bonchev–Trinajstić information content (AvgIpc) is 2.87. The smallest absolute Gasteiger partial charge is 0.0932 e. The summed E-state index contributed by atoms with van der Waals surface area (Å²) < 4.78 is 0. The van der Waals surface area contributed by atoms with Gasteiger partial charge in [-0.25, -0.2) is 4.98 Å². The monoisotopic (exact) mass is 260 g/mol. The molecule has 2 rings (SSSR count). The maximum atomic E-state index is 4.71. The van der Waals surface area contributed by atoms with E-state index in [4.69, 9.17) is 4.98 Å². The predicted molar refractivity (Wildman–Crippen MR) is 79.0 cm³/mol. The Morgan fingerprint density at radius 1 is 1.28 bits per heavy atom. The summed E-state index contributed by atoms with van der Waals surface area (Å²) >= 11 is 1.77. The molecular formula is C15H20N2S. The Balaban J connectivity index is 1.95. The van der Waals surface area contributed by atoms with Gasteiger partial charge in [0, 0.05) is 10.9 Å². The summed E-state index contributed by atoms with van der Waals surface area (Å²) in [6.07, 6.45) is 2.28. The molecule has 0 aliphatic heterocycles. The minimum Gasteiger partial charge on any atom is -0.319 e. The van der Waals surface area contributed by atoms with Crippen LogP contribution in [-0.4, -0.2) is 18.6 Å². The van der Waals surface area contributed by atoms with Gasteiger partial charge in [0.25, 0.3) is 0 Å². The van der Waals surface area contributed by atoms with Crippen LogP contribution in [-0.2, 0) is 6.42 Å². The van der Waals surface area contributed by atoms with E-state index in [2.05, 4.69) is 41.9 Å². The van der Waals surface area contributed by atoms with Crippen molar-refractivity contribution in [2.45, 2.75) is 19.8 Å². The lowest BCUT2D eigenvalue weighted by Crippen LogP contribution is -2.16. The molecule has 0 amide bonds. The third kappa shape index (κ3) is 3.65. The van der Waals surface area contributed by atoms with Crippen molar-refractivity contribution in [2.75, 3.05) is 13.6 Å². The summed E-state index contributed by atoms with van der Waals surface area (Å²) in [5, 5.41) is 6.62. The summed E-state index contributed by atoms with van der Waals surface area (Å²) in [5.41, 5.74) is 2.32. The Hall–Kier alpha value is -1.19. The van der Waals surface area contributed by atoms with Gasteiger partial charge in [-0.2, -0.15) is 0 Å². The maximum absolute atomic E-state index is 4.71. The number of thiazole rings is 1. The number of rotatable bonds is 6. The minimum absolute atomic E-state index is 0.707. The number of hydrogen-bond acceptors (Lipinski definition) is 3. The molecule has 0 fully saturated rings. The van der Waals surface area contributed by atoms with Gasteiger partial charge in [-0.1, -0.05) is 37.3 Å². The zero-order chi connectivity index (χ0) is 12.8. The van der Waals surface area contributed by atoms with Crippen molar-refractivity contribution in [3.05, 3.63) is 40.7 Å². The van der Waals surface area contributed by atoms with Crippen LogP contribution in [0.2, 0.25) is 0 Å². The molecule has 0 aliphatic rings. The largest absolute Gasteiger partial charge is 0.319 e. The first-order valence-electron chi connectivity index (χ1n) is 6.44. The molecule has 3 heteroatoms. The molecule has 0 bridgehead atoms. The molecule has 0 saturated heterocycles. The molecule has 1 heterocycles. The van der Waals surface area contributed by atoms with E-state index >= 15 is 0 Å². The van der Waals surface area contributed by atoms with E-state index in [9.17, 15) is 0 Å². The number of benzene rings is 1. The summed E-state index contributed by atoms with van der Waals surface area (Å²) in [5.74, 6) is 0.707. The summed E-state index contributed by atoms with van der Waals surface area (Å²) in [6, 6.07) is 10.4. The molecule has 96 valence electrons. The van der Waals surface area contributed by atoms with E-state index in [1.165, 1.54) is 17.0 Å². The van der Waals surface area contributed by atoms with Gasteiger partial charge in [0.05, 0.1) is 10.7 Å². The van der Waals surface area contributed by atoms with Crippen molar-refractivity contribution in [1.82, 2.24) is 10.3 Å². The van der Waals surface area contributed by atoms with Gasteiger partial charge < -0.3 is 5.32 Å². The molecule has 2 aromatic rings. The SMILES string of the molecule is CNCC(C)CCc1nc(-c2ccccc2)cs1. The zero-order valence-corrected chi connectivity index (χ0v) is 11.8. The van der Waals surface area contributed by atoms with Crippen molar-refractivity contribution in [3.63, 3.8) is 0 Å². The van der Waals surface area contributed by atoms with Gasteiger partial charge in [0.2, 0.25) is 0 Å². The molecule has 1 aromatic heterocycles. The van der Waals surface area contributed by atoms with Crippen LogP contribution in [0.3, 0.4) is 0 Å². The van der Waals surface area contributed by atoms with Crippen LogP contribution in [0.25, 0.3) is 11.3 Å². The zero-order valence-electron chi connectivity index (χ0n) is 11.0. The summed E-state index contributed by atoms with van der Waals surface area (Å²) in [4.78, 5) is 4.71. The van der Waals surface area contributed by atoms with E-state index in [0.717, 1.165) is 18.7 Å². The van der Waals surface area contributed by atoms with Gasteiger partial charge in [-0.15, -0.1) is 11.3 Å². The molecule has 1 unspecified atom stereocenters. The molecule has 18 heavy (non-hydrogen) atoms. The first kappa shape index (κ1) is 13.2. The van der Waals surface area contributed by atoms with Gasteiger partial charge >= 0.3 is 0 Å². The highest BCUT2D eigenvalue weighted by Gasteiger charge is 2.06. The van der Waals surface area contributed by atoms with Crippen molar-refractivity contribution in [1.29, 1.82) is 0 Å². The molecule has 2 nitrogen and oxygen atoms in total. The second-order valence-electron chi connectivity index (χ2n) is 4.69. The normalized spacial score (nSPS) is 12.6. The lowest BCUT2D eigenvalue weighted by molar-refractivity contribution is 0.504. The third-order valence-corrected chi connectivity index (χ3v) is 3.93. The Labute approximate surface area is 113 Å². The van der Waals surface area contributed by atoms with Crippen molar-refractivity contribution in [2.24, 2.45) is 5.92 Å². The molecule has 0 radical (unpaired) electrons. The molecule has 0 saturated carbocycles. The van der Waals surface area contributed by atoms with Crippen LogP contribution in [0.4, 0.5) is 0 Å². The number of aryl methyl sites for hydroxylation is 1. The number of nitrogens with one attached hydrogen (secondary N) is 1. The van der Waals surface area contributed by atoms with Crippen LogP contribution in [0.15, 0.2) is 35.7 Å². The van der Waals surface area contributed by atoms with E-state index in [1.54, 1.807) is 11.3 Å². The average molecular weight is 260 g/mol. The predicted octanol–water partition coefficient (Wildman–Crippen LogP) is 3.60. The van der Waals surface area contributed by atoms with Gasteiger partial charge in [0.1, 0.15) is 0 Å². The lowest BCUT2D eigenvalue weighted by Gasteiger charge is -2.08. The van der Waals surface area contributed by atoms with E-state index in [0.29, 0.717) is 5.92 Å². The molecule has 1 N–H and O–H groups in total. The fourth-order valence-electron chi connectivity index (χ4n) is 1.99. The first-order valence-corrected chi connectivity index (χ1v) is 7.32. The number of aromatic nitrogens is 1. The fourth-order valence-corrected chi connectivity index (χ4v) is 2.81. The van der Waals surface area contributed by atoms with E-state index in [-0.39, 0.29) is 0 Å². The topological polar surface area (TPSA) is 24.9 Å². The quantitative estimate of drug-likeness (QED) is 0.858. The highest BCUT2D eigenvalue weighted by Crippen LogP contribution is 2.22. The highest BCUT2D eigenvalue weighted by atomic mass is 32.1. The fraction of sp³-hybridized carbons (Fsp3) is 0.400. The van der Waals surface area contributed by atoms with Crippen molar-refractivity contribution >= 4 is 11.3 Å². The molecule has 1 atom stereocenters. The van der Waals surface area contributed by atoms with Crippen molar-refractivity contribution in [3.8, 4) is 11.3 Å². The van der Waals surface area contributed by atoms with Crippen LogP contribution in [0, 0.1) is 5.92 Å². The Morgan fingerprint density at radius 2 is 2.06 bits per heavy atom. The first-order chi connectivity index (χ1) is 8.79.